The third-order valence-electron chi connectivity index (χ3n) is 6.36. The molecule has 3 heterocycles. The average Bonchev–Trinajstić information content (AvgIpc) is 3.16. The fourth-order valence-electron chi connectivity index (χ4n) is 4.38. The van der Waals surface area contributed by atoms with Crippen LogP contribution in [-0.2, 0) is 9.59 Å². The van der Waals surface area contributed by atoms with E-state index in [0.717, 1.165) is 6.42 Å². The number of carbonyl (C=O) groups excluding carboxylic acids is 3. The van der Waals surface area contributed by atoms with Crippen molar-refractivity contribution >= 4 is 17.6 Å². The first-order valence-electron chi connectivity index (χ1n) is 12.0. The number of ether oxygens (including phenoxy) is 4. The number of hydrogen-bond acceptors (Lipinski definition) is 7. The molecule has 0 aliphatic carbocycles. The van der Waals surface area contributed by atoms with E-state index < -0.39 is 6.10 Å². The first-order chi connectivity index (χ1) is 17.1. The van der Waals surface area contributed by atoms with Gasteiger partial charge in [0.25, 0.3) is 5.91 Å². The molecule has 2 aromatic rings. The Balaban J connectivity index is 1.09. The van der Waals surface area contributed by atoms with E-state index in [-0.39, 0.29) is 37.0 Å². The summed E-state index contributed by atoms with van der Waals surface area (Å²) in [6, 6.07) is 12.4. The Morgan fingerprint density at radius 3 is 2.26 bits per heavy atom. The van der Waals surface area contributed by atoms with Gasteiger partial charge in [-0.15, -0.1) is 0 Å². The molecule has 0 spiro atoms. The molecule has 3 aliphatic heterocycles. The second-order valence-corrected chi connectivity index (χ2v) is 8.71. The summed E-state index contributed by atoms with van der Waals surface area (Å²) in [7, 11) is 0. The van der Waals surface area contributed by atoms with Gasteiger partial charge in [-0.25, -0.2) is 0 Å². The molecular weight excluding hydrogens is 452 g/mol. The van der Waals surface area contributed by atoms with Crippen molar-refractivity contribution in [3.8, 4) is 23.0 Å². The first kappa shape index (κ1) is 23.0. The molecular formula is C26H28N2O7. The van der Waals surface area contributed by atoms with E-state index in [1.165, 1.54) is 0 Å². The van der Waals surface area contributed by atoms with E-state index in [2.05, 4.69) is 0 Å². The predicted molar refractivity (Wildman–Crippen MR) is 125 cm³/mol. The van der Waals surface area contributed by atoms with Gasteiger partial charge in [-0.3, -0.25) is 14.4 Å². The van der Waals surface area contributed by atoms with Crippen LogP contribution in [0.25, 0.3) is 0 Å². The van der Waals surface area contributed by atoms with Crippen molar-refractivity contribution < 1.29 is 33.3 Å². The summed E-state index contributed by atoms with van der Waals surface area (Å²) in [6.45, 7) is 2.98. The van der Waals surface area contributed by atoms with Crippen molar-refractivity contribution in [2.45, 2.75) is 25.4 Å². The lowest BCUT2D eigenvalue weighted by molar-refractivity contribution is -0.146. The molecule has 1 atom stereocenters. The molecule has 35 heavy (non-hydrogen) atoms. The molecule has 9 heteroatoms. The van der Waals surface area contributed by atoms with E-state index in [9.17, 15) is 14.4 Å². The summed E-state index contributed by atoms with van der Waals surface area (Å²) in [6.07, 6.45) is 0.336. The van der Waals surface area contributed by atoms with Crippen LogP contribution in [0.4, 0.5) is 0 Å². The van der Waals surface area contributed by atoms with Crippen molar-refractivity contribution in [3.63, 3.8) is 0 Å². The SMILES string of the molecule is O=C(CCC(=O)N1CCN(C(=O)C2COc3ccccc3O2)CC1)c1ccc2c(c1)OCCCO2. The third kappa shape index (κ3) is 5.18. The summed E-state index contributed by atoms with van der Waals surface area (Å²) in [5, 5.41) is 0. The maximum atomic E-state index is 12.9. The van der Waals surface area contributed by atoms with E-state index in [1.54, 1.807) is 40.1 Å². The van der Waals surface area contributed by atoms with Crippen LogP contribution in [0, 0.1) is 0 Å². The third-order valence-corrected chi connectivity index (χ3v) is 6.36. The summed E-state index contributed by atoms with van der Waals surface area (Å²) >= 11 is 0. The molecule has 1 saturated heterocycles. The number of amides is 2. The monoisotopic (exact) mass is 480 g/mol. The first-order valence-corrected chi connectivity index (χ1v) is 12.0. The van der Waals surface area contributed by atoms with Gasteiger partial charge in [0.15, 0.2) is 28.8 Å². The zero-order valence-electron chi connectivity index (χ0n) is 19.4. The van der Waals surface area contributed by atoms with Gasteiger partial charge in [-0.05, 0) is 30.3 Å². The highest BCUT2D eigenvalue weighted by Gasteiger charge is 2.33. The Hall–Kier alpha value is -3.75. The highest BCUT2D eigenvalue weighted by Crippen LogP contribution is 2.32. The van der Waals surface area contributed by atoms with E-state index in [1.807, 2.05) is 12.1 Å². The molecule has 0 saturated carbocycles. The molecule has 2 aromatic carbocycles. The number of hydrogen-bond donors (Lipinski definition) is 0. The Kier molecular flexibility index (Phi) is 6.74. The normalized spacial score (nSPS) is 19.0. The highest BCUT2D eigenvalue weighted by molar-refractivity contribution is 5.98. The molecule has 0 radical (unpaired) electrons. The molecule has 3 aliphatic rings. The van der Waals surface area contributed by atoms with Crippen LogP contribution in [-0.4, -0.2) is 79.5 Å². The number of carbonyl (C=O) groups is 3. The summed E-state index contributed by atoms with van der Waals surface area (Å²) < 4.78 is 22.7. The number of rotatable bonds is 5. The molecule has 0 bridgehead atoms. The Morgan fingerprint density at radius 2 is 1.46 bits per heavy atom. The van der Waals surface area contributed by atoms with Crippen molar-refractivity contribution in [2.75, 3.05) is 46.0 Å². The second-order valence-electron chi connectivity index (χ2n) is 8.71. The number of Topliss-reactive ketones (excluding diaryl/α,β-unsaturated/α-hetero) is 1. The molecule has 1 fully saturated rings. The van der Waals surface area contributed by atoms with Crippen molar-refractivity contribution in [1.82, 2.24) is 9.80 Å². The number of piperazine rings is 1. The maximum Gasteiger partial charge on any atom is 0.267 e. The van der Waals surface area contributed by atoms with Crippen LogP contribution in [0.3, 0.4) is 0 Å². The average molecular weight is 481 g/mol. The lowest BCUT2D eigenvalue weighted by Gasteiger charge is -2.37. The van der Waals surface area contributed by atoms with Crippen molar-refractivity contribution in [2.24, 2.45) is 0 Å². The van der Waals surface area contributed by atoms with Crippen LogP contribution in [0.2, 0.25) is 0 Å². The lowest BCUT2D eigenvalue weighted by atomic mass is 10.1. The molecule has 1 unspecified atom stereocenters. The fourth-order valence-corrected chi connectivity index (χ4v) is 4.38. The second kappa shape index (κ2) is 10.2. The van der Waals surface area contributed by atoms with Crippen molar-refractivity contribution in [1.29, 1.82) is 0 Å². The Labute approximate surface area is 203 Å². The minimum absolute atomic E-state index is 0.0917. The standard InChI is InChI=1S/C26H28N2O7/c29-19(18-6-8-21-23(16-18)33-15-3-14-32-21)7-9-25(30)27-10-12-28(13-11-27)26(31)24-17-34-20-4-1-2-5-22(20)35-24/h1-2,4-6,8,16,24H,3,7,9-15,17H2. The fraction of sp³-hybridized carbons (Fsp3) is 0.423. The molecule has 184 valence electrons. The summed E-state index contributed by atoms with van der Waals surface area (Å²) in [5.41, 5.74) is 0.508. The summed E-state index contributed by atoms with van der Waals surface area (Å²) in [5.74, 6) is 2.05. The van der Waals surface area contributed by atoms with Crippen molar-refractivity contribution in [3.05, 3.63) is 48.0 Å². The lowest BCUT2D eigenvalue weighted by Crippen LogP contribution is -2.55. The van der Waals surface area contributed by atoms with Gasteiger partial charge >= 0.3 is 0 Å². The van der Waals surface area contributed by atoms with Gasteiger partial charge in [0.2, 0.25) is 12.0 Å². The van der Waals surface area contributed by atoms with E-state index >= 15 is 0 Å². The van der Waals surface area contributed by atoms with Gasteiger partial charge in [-0.1, -0.05) is 12.1 Å². The van der Waals surface area contributed by atoms with Crippen LogP contribution in [0.15, 0.2) is 42.5 Å². The smallest absolute Gasteiger partial charge is 0.267 e. The molecule has 2 amide bonds. The predicted octanol–water partition coefficient (Wildman–Crippen LogP) is 2.32. The number of ketones is 1. The molecule has 5 rings (SSSR count). The van der Waals surface area contributed by atoms with Crippen LogP contribution in [0.1, 0.15) is 29.6 Å². The largest absolute Gasteiger partial charge is 0.490 e. The van der Waals surface area contributed by atoms with Gasteiger partial charge in [0.1, 0.15) is 6.61 Å². The van der Waals surface area contributed by atoms with E-state index in [4.69, 9.17) is 18.9 Å². The highest BCUT2D eigenvalue weighted by atomic mass is 16.6. The van der Waals surface area contributed by atoms with E-state index in [0.29, 0.717) is 68.0 Å². The number of para-hydroxylation sites is 2. The topological polar surface area (TPSA) is 94.6 Å². The Bertz CT molecular complexity index is 1110. The maximum absolute atomic E-state index is 12.9. The Morgan fingerprint density at radius 1 is 0.771 bits per heavy atom. The molecule has 0 N–H and O–H groups in total. The van der Waals surface area contributed by atoms with Gasteiger partial charge < -0.3 is 28.7 Å². The minimum atomic E-state index is -0.694. The number of fused-ring (bicyclic) bond motifs is 2. The zero-order valence-corrected chi connectivity index (χ0v) is 19.4. The van der Waals surface area contributed by atoms with Gasteiger partial charge in [0, 0.05) is 51.0 Å². The number of nitrogens with zero attached hydrogens (tertiary/aromatic N) is 2. The summed E-state index contributed by atoms with van der Waals surface area (Å²) in [4.78, 5) is 41.7. The zero-order chi connectivity index (χ0) is 24.2. The molecule has 0 aromatic heterocycles. The van der Waals surface area contributed by atoms with Crippen LogP contribution in [0.5, 0.6) is 23.0 Å². The van der Waals surface area contributed by atoms with Gasteiger partial charge in [-0.2, -0.15) is 0 Å². The number of benzene rings is 2. The van der Waals surface area contributed by atoms with Crippen LogP contribution < -0.4 is 18.9 Å². The van der Waals surface area contributed by atoms with Gasteiger partial charge in [0.05, 0.1) is 13.2 Å². The molecule has 9 nitrogen and oxygen atoms in total. The minimum Gasteiger partial charge on any atom is -0.490 e. The quantitative estimate of drug-likeness (QED) is 0.606. The van der Waals surface area contributed by atoms with Crippen LogP contribution >= 0.6 is 0 Å².